The molecule has 0 radical (unpaired) electrons. The average Bonchev–Trinajstić information content (AvgIpc) is 2.23. The molecule has 0 saturated carbocycles. The van der Waals surface area contributed by atoms with Gasteiger partial charge in [-0.1, -0.05) is 30.8 Å². The number of aldehydes is 1. The highest BCUT2D eigenvalue weighted by Gasteiger charge is 2.13. The van der Waals surface area contributed by atoms with Crippen LogP contribution < -0.4 is 0 Å². The molecule has 1 aliphatic heterocycles. The molecule has 0 saturated heterocycles. The third-order valence-electron chi connectivity index (χ3n) is 2.32. The lowest BCUT2D eigenvalue weighted by Crippen LogP contribution is -2.20. The maximum atomic E-state index is 10.4. The van der Waals surface area contributed by atoms with Gasteiger partial charge in [-0.25, -0.2) is 0 Å². The van der Waals surface area contributed by atoms with E-state index in [1.165, 1.54) is 0 Å². The maximum Gasteiger partial charge on any atom is 0.139 e. The van der Waals surface area contributed by atoms with Crippen LogP contribution in [0.4, 0.5) is 0 Å². The molecule has 70 valence electrons. The smallest absolute Gasteiger partial charge is 0.139 e. The first-order chi connectivity index (χ1) is 6.83. The Morgan fingerprint density at radius 3 is 2.93 bits per heavy atom. The molecule has 0 aliphatic carbocycles. The van der Waals surface area contributed by atoms with E-state index in [-0.39, 0.29) is 0 Å². The average molecular weight is 185 g/mol. The van der Waals surface area contributed by atoms with E-state index >= 15 is 0 Å². The molecule has 0 fully saturated rings. The Kier molecular flexibility index (Phi) is 2.19. The summed E-state index contributed by atoms with van der Waals surface area (Å²) in [5.74, 6) is 0. The molecule has 1 heterocycles. The lowest BCUT2D eigenvalue weighted by molar-refractivity contribution is -0.107. The second-order valence-electron chi connectivity index (χ2n) is 3.17. The van der Waals surface area contributed by atoms with Crippen molar-refractivity contribution < 1.29 is 4.79 Å². The standard InChI is InChI=1S/C12H11NO/c1-10-12-5-3-2-4-11(12)6-7-13(10)8-9-14/h2-7,9H,1,8H2. The molecule has 0 unspecified atom stereocenters. The second-order valence-corrected chi connectivity index (χ2v) is 3.17. The Morgan fingerprint density at radius 1 is 1.36 bits per heavy atom. The predicted molar refractivity (Wildman–Crippen MR) is 57.3 cm³/mol. The molecule has 2 heteroatoms. The highest BCUT2D eigenvalue weighted by Crippen LogP contribution is 2.26. The summed E-state index contributed by atoms with van der Waals surface area (Å²) in [6.07, 6.45) is 4.76. The molecule has 1 aromatic rings. The normalized spacial score (nSPS) is 14.0. The first-order valence-corrected chi connectivity index (χ1v) is 4.49. The van der Waals surface area contributed by atoms with Crippen LogP contribution in [0.2, 0.25) is 0 Å². The molecule has 0 bridgehead atoms. The van der Waals surface area contributed by atoms with Crippen molar-refractivity contribution >= 4 is 18.1 Å². The zero-order valence-electron chi connectivity index (χ0n) is 7.81. The first-order valence-electron chi connectivity index (χ1n) is 4.49. The van der Waals surface area contributed by atoms with Crippen LogP contribution in [-0.4, -0.2) is 17.7 Å². The van der Waals surface area contributed by atoms with E-state index < -0.39 is 0 Å². The second kappa shape index (κ2) is 3.50. The molecule has 1 aromatic carbocycles. The van der Waals surface area contributed by atoms with Gasteiger partial charge in [0.2, 0.25) is 0 Å². The predicted octanol–water partition coefficient (Wildman–Crippen LogP) is 2.14. The Bertz CT molecular complexity index is 407. The van der Waals surface area contributed by atoms with Gasteiger partial charge in [0.25, 0.3) is 0 Å². The molecule has 14 heavy (non-hydrogen) atoms. The van der Waals surface area contributed by atoms with Crippen molar-refractivity contribution in [1.29, 1.82) is 0 Å². The summed E-state index contributed by atoms with van der Waals surface area (Å²) in [5.41, 5.74) is 3.13. The zero-order chi connectivity index (χ0) is 9.97. The van der Waals surface area contributed by atoms with E-state index in [9.17, 15) is 4.79 Å². The Labute approximate surface area is 83.2 Å². The van der Waals surface area contributed by atoms with Gasteiger partial charge in [-0.2, -0.15) is 0 Å². The first kappa shape index (κ1) is 8.75. The fourth-order valence-electron chi connectivity index (χ4n) is 1.57. The van der Waals surface area contributed by atoms with Crippen LogP contribution in [0, 0.1) is 0 Å². The van der Waals surface area contributed by atoms with Gasteiger partial charge in [-0.3, -0.25) is 0 Å². The third-order valence-corrected chi connectivity index (χ3v) is 2.32. The van der Waals surface area contributed by atoms with E-state index in [2.05, 4.69) is 6.58 Å². The minimum absolute atomic E-state index is 0.365. The van der Waals surface area contributed by atoms with Crippen LogP contribution in [0.3, 0.4) is 0 Å². The summed E-state index contributed by atoms with van der Waals surface area (Å²) in [6.45, 7) is 4.34. The molecule has 0 amide bonds. The van der Waals surface area contributed by atoms with Gasteiger partial charge < -0.3 is 9.69 Å². The third kappa shape index (κ3) is 1.35. The van der Waals surface area contributed by atoms with Gasteiger partial charge in [-0.15, -0.1) is 0 Å². The molecule has 0 spiro atoms. The molecular formula is C12H11NO. The van der Waals surface area contributed by atoms with Crippen LogP contribution in [0.1, 0.15) is 11.1 Å². The van der Waals surface area contributed by atoms with Gasteiger partial charge in [-0.05, 0) is 11.6 Å². The molecule has 2 rings (SSSR count). The summed E-state index contributed by atoms with van der Waals surface area (Å²) >= 11 is 0. The highest BCUT2D eigenvalue weighted by molar-refractivity contribution is 5.77. The molecular weight excluding hydrogens is 174 g/mol. The SMILES string of the molecule is C=C1c2ccccc2C=CN1CC=O. The van der Waals surface area contributed by atoms with E-state index in [0.29, 0.717) is 6.54 Å². The van der Waals surface area contributed by atoms with Crippen LogP contribution in [-0.2, 0) is 4.79 Å². The van der Waals surface area contributed by atoms with Crippen molar-refractivity contribution in [3.8, 4) is 0 Å². The van der Waals surface area contributed by atoms with E-state index in [1.807, 2.05) is 41.4 Å². The van der Waals surface area contributed by atoms with Crippen molar-refractivity contribution in [2.24, 2.45) is 0 Å². The van der Waals surface area contributed by atoms with Gasteiger partial charge in [0, 0.05) is 17.5 Å². The van der Waals surface area contributed by atoms with E-state index in [0.717, 1.165) is 23.1 Å². The van der Waals surface area contributed by atoms with Crippen LogP contribution in [0.25, 0.3) is 11.8 Å². The van der Waals surface area contributed by atoms with Crippen molar-refractivity contribution in [2.75, 3.05) is 6.54 Å². The van der Waals surface area contributed by atoms with Gasteiger partial charge in [0.15, 0.2) is 0 Å². The summed E-state index contributed by atoms with van der Waals surface area (Å²) < 4.78 is 0. The number of hydrogen-bond donors (Lipinski definition) is 0. The molecule has 0 aromatic heterocycles. The molecule has 2 nitrogen and oxygen atoms in total. The number of fused-ring (bicyclic) bond motifs is 1. The quantitative estimate of drug-likeness (QED) is 0.658. The minimum Gasteiger partial charge on any atom is -0.341 e. The Hall–Kier alpha value is -1.83. The largest absolute Gasteiger partial charge is 0.341 e. The number of hydrogen-bond acceptors (Lipinski definition) is 2. The number of carbonyl (C=O) groups excluding carboxylic acids is 1. The van der Waals surface area contributed by atoms with E-state index in [4.69, 9.17) is 0 Å². The summed E-state index contributed by atoms with van der Waals surface area (Å²) in [6, 6.07) is 8.02. The number of rotatable bonds is 2. The lowest BCUT2D eigenvalue weighted by atomic mass is 10.0. The van der Waals surface area contributed by atoms with E-state index in [1.54, 1.807) is 0 Å². The van der Waals surface area contributed by atoms with Gasteiger partial charge in [0.05, 0.1) is 6.54 Å². The van der Waals surface area contributed by atoms with Crippen LogP contribution in [0.15, 0.2) is 37.0 Å². The molecule has 0 atom stereocenters. The van der Waals surface area contributed by atoms with Crippen molar-refractivity contribution in [3.05, 3.63) is 48.2 Å². The topological polar surface area (TPSA) is 20.3 Å². The van der Waals surface area contributed by atoms with Crippen molar-refractivity contribution in [3.63, 3.8) is 0 Å². The lowest BCUT2D eigenvalue weighted by Gasteiger charge is -2.25. The fourth-order valence-corrected chi connectivity index (χ4v) is 1.57. The number of nitrogens with zero attached hydrogens (tertiary/aromatic N) is 1. The van der Waals surface area contributed by atoms with Crippen LogP contribution in [0.5, 0.6) is 0 Å². The van der Waals surface area contributed by atoms with Crippen molar-refractivity contribution in [2.45, 2.75) is 0 Å². The van der Waals surface area contributed by atoms with Gasteiger partial charge >= 0.3 is 0 Å². The molecule has 1 aliphatic rings. The minimum atomic E-state index is 0.365. The fraction of sp³-hybridized carbons (Fsp3) is 0.0833. The Balaban J connectivity index is 2.39. The summed E-state index contributed by atoms with van der Waals surface area (Å²) in [5, 5.41) is 0. The van der Waals surface area contributed by atoms with Gasteiger partial charge in [0.1, 0.15) is 6.29 Å². The number of benzene rings is 1. The monoisotopic (exact) mass is 185 g/mol. The zero-order valence-corrected chi connectivity index (χ0v) is 7.81. The summed E-state index contributed by atoms with van der Waals surface area (Å²) in [4.78, 5) is 12.3. The van der Waals surface area contributed by atoms with Crippen LogP contribution >= 0.6 is 0 Å². The molecule has 0 N–H and O–H groups in total. The summed E-state index contributed by atoms with van der Waals surface area (Å²) in [7, 11) is 0. The maximum absolute atomic E-state index is 10.4. The highest BCUT2D eigenvalue weighted by atomic mass is 16.1. The van der Waals surface area contributed by atoms with Crippen molar-refractivity contribution in [1.82, 2.24) is 4.90 Å². The Morgan fingerprint density at radius 2 is 2.14 bits per heavy atom. The number of carbonyl (C=O) groups is 1.